The number of amides is 1. The normalized spacial score (nSPS) is 10.2. The Labute approximate surface area is 95.3 Å². The van der Waals surface area contributed by atoms with Crippen LogP contribution >= 0.6 is 0 Å². The molecule has 0 aliphatic heterocycles. The van der Waals surface area contributed by atoms with Gasteiger partial charge >= 0.3 is 7.12 Å². The first-order chi connectivity index (χ1) is 7.97. The molecule has 0 bridgehead atoms. The van der Waals surface area contributed by atoms with Gasteiger partial charge in [0.2, 0.25) is 0 Å². The van der Waals surface area contributed by atoms with Crippen LogP contribution in [0, 0.1) is 11.6 Å². The van der Waals surface area contributed by atoms with Crippen molar-refractivity contribution in [2.24, 2.45) is 0 Å². The zero-order valence-electron chi connectivity index (χ0n) is 8.70. The lowest BCUT2D eigenvalue weighted by atomic mass is 9.79. The molecule has 0 unspecified atom stereocenters. The average molecular weight is 246 g/mol. The topological polar surface area (TPSA) is 90.8 Å². The van der Waals surface area contributed by atoms with Gasteiger partial charge in [0.15, 0.2) is 0 Å². The number of rotatable bonds is 4. The van der Waals surface area contributed by atoms with Crippen molar-refractivity contribution >= 4 is 18.5 Å². The molecule has 1 aromatic carbocycles. The van der Waals surface area contributed by atoms with Crippen molar-refractivity contribution in [1.29, 1.82) is 0 Å². The summed E-state index contributed by atoms with van der Waals surface area (Å²) in [6, 6.07) is 1.30. The summed E-state index contributed by atoms with van der Waals surface area (Å²) >= 11 is 0. The monoisotopic (exact) mass is 246 g/mol. The van der Waals surface area contributed by atoms with E-state index in [2.05, 4.69) is 4.84 Å². The fourth-order valence-corrected chi connectivity index (χ4v) is 1.12. The van der Waals surface area contributed by atoms with Crippen LogP contribution in [0.15, 0.2) is 12.1 Å². The highest BCUT2D eigenvalue weighted by atomic mass is 19.1. The Balaban J connectivity index is 3.05. The summed E-state index contributed by atoms with van der Waals surface area (Å²) in [6.07, 6.45) is 0. The number of benzene rings is 1. The van der Waals surface area contributed by atoms with Gasteiger partial charge in [0, 0.05) is 0 Å². The second-order valence-corrected chi connectivity index (χ2v) is 2.99. The maximum Gasteiger partial charge on any atom is 0.488 e. The third-order valence-electron chi connectivity index (χ3n) is 1.86. The van der Waals surface area contributed by atoms with Crippen molar-refractivity contribution in [1.82, 2.24) is 11.0 Å². The molecule has 0 saturated heterocycles. The Bertz CT molecular complexity index is 407. The molecule has 0 saturated carbocycles. The molecule has 0 atom stereocenters. The van der Waals surface area contributed by atoms with Gasteiger partial charge in [-0.2, -0.15) is 0 Å². The Morgan fingerprint density at radius 1 is 1.35 bits per heavy atom. The van der Waals surface area contributed by atoms with Crippen LogP contribution in [0.4, 0.5) is 8.78 Å². The molecular weight excluding hydrogens is 237 g/mol. The highest BCUT2D eigenvalue weighted by Crippen LogP contribution is 2.10. The van der Waals surface area contributed by atoms with Crippen molar-refractivity contribution in [3.8, 4) is 0 Å². The summed E-state index contributed by atoms with van der Waals surface area (Å²) in [5, 5.41) is 17.5. The van der Waals surface area contributed by atoms with Crippen molar-refractivity contribution in [3.05, 3.63) is 29.3 Å². The van der Waals surface area contributed by atoms with Crippen molar-refractivity contribution in [2.75, 3.05) is 7.11 Å². The quantitative estimate of drug-likeness (QED) is 0.381. The Morgan fingerprint density at radius 2 is 1.88 bits per heavy atom. The molecule has 1 amide bonds. The van der Waals surface area contributed by atoms with Crippen LogP contribution in [0.1, 0.15) is 10.4 Å². The van der Waals surface area contributed by atoms with Crippen LogP contribution in [-0.4, -0.2) is 30.2 Å². The maximum atomic E-state index is 13.4. The zero-order chi connectivity index (χ0) is 13.0. The Hall–Kier alpha value is -1.55. The van der Waals surface area contributed by atoms with Gasteiger partial charge in [-0.1, -0.05) is 0 Å². The van der Waals surface area contributed by atoms with Gasteiger partial charge in [-0.3, -0.25) is 15.1 Å². The number of carbonyl (C=O) groups excluding carboxylic acids is 1. The molecule has 6 nitrogen and oxygen atoms in total. The van der Waals surface area contributed by atoms with E-state index in [-0.39, 0.29) is 0 Å². The first-order valence-corrected chi connectivity index (χ1v) is 4.40. The second-order valence-electron chi connectivity index (χ2n) is 2.99. The van der Waals surface area contributed by atoms with Crippen LogP contribution in [0.2, 0.25) is 0 Å². The van der Waals surface area contributed by atoms with E-state index in [0.29, 0.717) is 12.1 Å². The highest BCUT2D eigenvalue weighted by Gasteiger charge is 2.22. The summed E-state index contributed by atoms with van der Waals surface area (Å²) in [7, 11) is -0.828. The van der Waals surface area contributed by atoms with E-state index in [9.17, 15) is 13.6 Å². The number of hydrogen-bond acceptors (Lipinski definition) is 5. The minimum absolute atomic E-state index is 0.392. The molecule has 0 aliphatic rings. The number of carbonyl (C=O) groups is 1. The number of halogens is 2. The summed E-state index contributed by atoms with van der Waals surface area (Å²) in [5.41, 5.74) is 2.52. The van der Waals surface area contributed by atoms with E-state index in [1.165, 1.54) is 7.11 Å². The molecule has 1 rings (SSSR count). The molecule has 0 aliphatic carbocycles. The van der Waals surface area contributed by atoms with E-state index in [4.69, 9.17) is 10.0 Å². The maximum absolute atomic E-state index is 13.4. The standard InChI is InChI=1S/C8H9BF2N2O4/c1-17-13-12-8(14)7-5(10)2-4(9(15)16)3-6(7)11/h2-3,13,15-16H,1H3,(H,12,14). The van der Waals surface area contributed by atoms with Gasteiger partial charge in [-0.15, -0.1) is 5.59 Å². The fourth-order valence-electron chi connectivity index (χ4n) is 1.12. The van der Waals surface area contributed by atoms with Crippen LogP contribution in [0.3, 0.4) is 0 Å². The first kappa shape index (κ1) is 13.5. The lowest BCUT2D eigenvalue weighted by Crippen LogP contribution is -2.38. The van der Waals surface area contributed by atoms with Crippen LogP contribution in [0.5, 0.6) is 0 Å². The molecule has 0 fully saturated rings. The molecule has 4 N–H and O–H groups in total. The summed E-state index contributed by atoms with van der Waals surface area (Å²) in [5.74, 6) is -3.53. The third kappa shape index (κ3) is 3.20. The molecular formula is C8H9BF2N2O4. The van der Waals surface area contributed by atoms with E-state index in [1.807, 2.05) is 11.0 Å². The van der Waals surface area contributed by atoms with Gasteiger partial charge in [0.25, 0.3) is 5.91 Å². The van der Waals surface area contributed by atoms with Crippen molar-refractivity contribution in [3.63, 3.8) is 0 Å². The smallest absolute Gasteiger partial charge is 0.423 e. The van der Waals surface area contributed by atoms with Crippen molar-refractivity contribution in [2.45, 2.75) is 0 Å². The van der Waals surface area contributed by atoms with Crippen LogP contribution in [-0.2, 0) is 4.84 Å². The molecule has 17 heavy (non-hydrogen) atoms. The SMILES string of the molecule is CONNC(=O)c1c(F)cc(B(O)O)cc1F. The van der Waals surface area contributed by atoms with Crippen LogP contribution < -0.4 is 16.5 Å². The molecule has 0 aromatic heterocycles. The predicted molar refractivity (Wildman–Crippen MR) is 53.8 cm³/mol. The summed E-state index contributed by atoms with van der Waals surface area (Å²) < 4.78 is 26.7. The first-order valence-electron chi connectivity index (χ1n) is 4.40. The lowest BCUT2D eigenvalue weighted by molar-refractivity contribution is 0.0454. The summed E-state index contributed by atoms with van der Waals surface area (Å²) in [6.45, 7) is 0. The molecule has 9 heteroatoms. The molecule has 0 spiro atoms. The molecule has 0 radical (unpaired) electrons. The predicted octanol–water partition coefficient (Wildman–Crippen LogP) is -1.56. The molecule has 1 aromatic rings. The highest BCUT2D eigenvalue weighted by molar-refractivity contribution is 6.58. The van der Waals surface area contributed by atoms with E-state index in [1.54, 1.807) is 0 Å². The van der Waals surface area contributed by atoms with E-state index >= 15 is 0 Å². The van der Waals surface area contributed by atoms with Gasteiger partial charge in [-0.05, 0) is 17.6 Å². The minimum Gasteiger partial charge on any atom is -0.423 e. The fraction of sp³-hybridized carbons (Fsp3) is 0.125. The van der Waals surface area contributed by atoms with E-state index < -0.39 is 35.7 Å². The largest absolute Gasteiger partial charge is 0.488 e. The number of nitrogens with one attached hydrogen (secondary N) is 2. The van der Waals surface area contributed by atoms with Gasteiger partial charge < -0.3 is 10.0 Å². The number of hydrogen-bond donors (Lipinski definition) is 4. The van der Waals surface area contributed by atoms with E-state index in [0.717, 1.165) is 0 Å². The molecule has 0 heterocycles. The Kier molecular flexibility index (Phi) is 4.52. The van der Waals surface area contributed by atoms with Crippen LogP contribution in [0.25, 0.3) is 0 Å². The Morgan fingerprint density at radius 3 is 2.29 bits per heavy atom. The minimum atomic E-state index is -2.02. The van der Waals surface area contributed by atoms with Gasteiger partial charge in [0.1, 0.15) is 17.2 Å². The van der Waals surface area contributed by atoms with Gasteiger partial charge in [-0.25, -0.2) is 8.78 Å². The number of hydrazine groups is 1. The average Bonchev–Trinajstić information content (AvgIpc) is 2.25. The third-order valence-corrected chi connectivity index (χ3v) is 1.86. The second kappa shape index (κ2) is 5.68. The lowest BCUT2D eigenvalue weighted by Gasteiger charge is -2.08. The molecule has 92 valence electrons. The van der Waals surface area contributed by atoms with Crippen molar-refractivity contribution < 1.29 is 28.5 Å². The van der Waals surface area contributed by atoms with Gasteiger partial charge in [0.05, 0.1) is 7.11 Å². The zero-order valence-corrected chi connectivity index (χ0v) is 8.70. The summed E-state index contributed by atoms with van der Waals surface area (Å²) in [4.78, 5) is 15.5.